The number of fused-ring (bicyclic) bond motifs is 1. The van der Waals surface area contributed by atoms with Gasteiger partial charge in [0.05, 0.1) is 12.1 Å². The summed E-state index contributed by atoms with van der Waals surface area (Å²) < 4.78 is 11.3. The van der Waals surface area contributed by atoms with Crippen LogP contribution in [0.3, 0.4) is 0 Å². The van der Waals surface area contributed by atoms with Crippen LogP contribution >= 0.6 is 0 Å². The summed E-state index contributed by atoms with van der Waals surface area (Å²) in [6.07, 6.45) is 3.20. The minimum atomic E-state index is -0.592. The third kappa shape index (κ3) is 5.48. The second-order valence-corrected chi connectivity index (χ2v) is 8.72. The van der Waals surface area contributed by atoms with Crippen molar-refractivity contribution in [1.82, 2.24) is 14.9 Å². The number of aliphatic imine (C=N–C) groups is 1. The Bertz CT molecular complexity index is 1070. The molecule has 0 N–H and O–H groups in total. The second-order valence-electron chi connectivity index (χ2n) is 8.72. The van der Waals surface area contributed by atoms with Gasteiger partial charge in [-0.15, -0.1) is 0 Å². The minimum Gasteiger partial charge on any atom is -0.474 e. The molecule has 0 spiro atoms. The van der Waals surface area contributed by atoms with Crippen LogP contribution in [0.25, 0.3) is 10.9 Å². The first-order valence-electron chi connectivity index (χ1n) is 10.4. The molecule has 31 heavy (non-hydrogen) atoms. The first-order valence-corrected chi connectivity index (χ1v) is 10.4. The monoisotopic (exact) mass is 422 g/mol. The Labute approximate surface area is 183 Å². The van der Waals surface area contributed by atoms with E-state index in [-0.39, 0.29) is 5.92 Å². The first-order chi connectivity index (χ1) is 14.5. The molecule has 1 aliphatic rings. The summed E-state index contributed by atoms with van der Waals surface area (Å²) in [5, 5.41) is 0.995. The predicted molar refractivity (Wildman–Crippen MR) is 122 cm³/mol. The number of aryl methyl sites for hydroxylation is 1. The predicted octanol–water partition coefficient (Wildman–Crippen LogP) is 5.13. The van der Waals surface area contributed by atoms with E-state index < -0.39 is 11.7 Å². The molecule has 0 saturated heterocycles. The van der Waals surface area contributed by atoms with Crippen LogP contribution in [0.15, 0.2) is 53.1 Å². The van der Waals surface area contributed by atoms with Gasteiger partial charge in [-0.3, -0.25) is 4.90 Å². The zero-order valence-electron chi connectivity index (χ0n) is 19.1. The van der Waals surface area contributed by atoms with Crippen molar-refractivity contribution in [2.24, 2.45) is 4.99 Å². The van der Waals surface area contributed by atoms with Gasteiger partial charge in [-0.05, 0) is 51.8 Å². The normalized spacial score (nSPS) is 15.9. The van der Waals surface area contributed by atoms with Crippen molar-refractivity contribution in [3.63, 3.8) is 0 Å². The Hall–Kier alpha value is -3.22. The molecule has 1 aromatic carbocycles. The molecule has 1 amide bonds. The van der Waals surface area contributed by atoms with E-state index in [0.717, 1.165) is 22.3 Å². The van der Waals surface area contributed by atoms with Gasteiger partial charge in [0.15, 0.2) is 0 Å². The van der Waals surface area contributed by atoms with Gasteiger partial charge in [0, 0.05) is 23.7 Å². The van der Waals surface area contributed by atoms with Gasteiger partial charge in [0.25, 0.3) is 0 Å². The molecule has 1 aliphatic heterocycles. The molecule has 0 aliphatic carbocycles. The van der Waals surface area contributed by atoms with Gasteiger partial charge < -0.3 is 9.47 Å². The lowest BCUT2D eigenvalue weighted by atomic mass is 10.0. The standard InChI is InChI=1S/C24H30N4O3/c1-15(2)21-22(30-11-10-28(21)23(29)31-24(5,6)7)26-13-16(3)18-8-9-19-14-25-17(4)27-20(19)12-18/h8-9,12-14,16H,1,10-11H2,2-7H3/b26-13-. The van der Waals surface area contributed by atoms with Crippen LogP contribution in [0.4, 0.5) is 4.79 Å². The fourth-order valence-corrected chi connectivity index (χ4v) is 3.22. The van der Waals surface area contributed by atoms with Gasteiger partial charge in [0.2, 0.25) is 5.88 Å². The fourth-order valence-electron chi connectivity index (χ4n) is 3.22. The van der Waals surface area contributed by atoms with E-state index in [1.165, 1.54) is 0 Å². The number of carbonyl (C=O) groups is 1. The van der Waals surface area contributed by atoms with E-state index in [1.54, 1.807) is 4.90 Å². The second kappa shape index (κ2) is 8.88. The van der Waals surface area contributed by atoms with Crippen molar-refractivity contribution >= 4 is 23.2 Å². The van der Waals surface area contributed by atoms with E-state index in [0.29, 0.717) is 30.3 Å². The largest absolute Gasteiger partial charge is 0.474 e. The highest BCUT2D eigenvalue weighted by atomic mass is 16.6. The number of aromatic nitrogens is 2. The Balaban J connectivity index is 1.88. The Morgan fingerprint density at radius 1 is 1.39 bits per heavy atom. The lowest BCUT2D eigenvalue weighted by molar-refractivity contribution is 0.0212. The maximum absolute atomic E-state index is 12.7. The van der Waals surface area contributed by atoms with Crippen molar-refractivity contribution in [3.05, 3.63) is 59.5 Å². The number of ether oxygens (including phenoxy) is 2. The smallest absolute Gasteiger partial charge is 0.415 e. The third-order valence-electron chi connectivity index (χ3n) is 4.71. The summed E-state index contributed by atoms with van der Waals surface area (Å²) >= 11 is 0. The molecule has 2 heterocycles. The van der Waals surface area contributed by atoms with Gasteiger partial charge in [-0.25, -0.2) is 19.8 Å². The number of rotatable bonds is 4. The molecule has 0 bridgehead atoms. The number of carbonyl (C=O) groups excluding carboxylic acids is 1. The Morgan fingerprint density at radius 2 is 2.13 bits per heavy atom. The zero-order valence-corrected chi connectivity index (χ0v) is 19.1. The summed E-state index contributed by atoms with van der Waals surface area (Å²) in [5.74, 6) is 1.12. The molecule has 3 rings (SSSR count). The summed E-state index contributed by atoms with van der Waals surface area (Å²) in [5.41, 5.74) is 2.61. The van der Waals surface area contributed by atoms with E-state index in [2.05, 4.69) is 21.5 Å². The number of hydrogen-bond donors (Lipinski definition) is 0. The Kier molecular flexibility index (Phi) is 6.43. The molecular formula is C24H30N4O3. The zero-order chi connectivity index (χ0) is 22.8. The molecule has 7 heteroatoms. The Morgan fingerprint density at radius 3 is 2.81 bits per heavy atom. The molecule has 2 aromatic rings. The molecule has 0 radical (unpaired) electrons. The quantitative estimate of drug-likeness (QED) is 0.639. The van der Waals surface area contributed by atoms with Gasteiger partial charge in [0.1, 0.15) is 23.7 Å². The average molecular weight is 423 g/mol. The van der Waals surface area contributed by atoms with Crippen molar-refractivity contribution in [2.75, 3.05) is 13.2 Å². The van der Waals surface area contributed by atoms with Crippen LogP contribution in [-0.2, 0) is 9.47 Å². The van der Waals surface area contributed by atoms with Crippen molar-refractivity contribution in [3.8, 4) is 0 Å². The topological polar surface area (TPSA) is 76.9 Å². The molecule has 7 nitrogen and oxygen atoms in total. The molecule has 1 unspecified atom stereocenters. The van der Waals surface area contributed by atoms with Crippen molar-refractivity contribution < 1.29 is 14.3 Å². The molecule has 164 valence electrons. The first kappa shape index (κ1) is 22.5. The van der Waals surface area contributed by atoms with E-state index in [9.17, 15) is 4.79 Å². The van der Waals surface area contributed by atoms with E-state index in [1.807, 2.05) is 72.2 Å². The van der Waals surface area contributed by atoms with Gasteiger partial charge in [-0.2, -0.15) is 0 Å². The molecule has 1 atom stereocenters. The van der Waals surface area contributed by atoms with E-state index >= 15 is 0 Å². The SMILES string of the molecule is C=C(C)C1=C(/N=C\C(C)c2ccc3cnc(C)nc3c2)OCCN1C(=O)OC(C)(C)C. The van der Waals surface area contributed by atoms with Crippen LogP contribution in [0.1, 0.15) is 51.9 Å². The van der Waals surface area contributed by atoms with Crippen LogP contribution in [0.2, 0.25) is 0 Å². The maximum Gasteiger partial charge on any atom is 0.415 e. The number of nitrogens with zero attached hydrogens (tertiary/aromatic N) is 4. The molecule has 0 fully saturated rings. The molecular weight excluding hydrogens is 392 g/mol. The number of allylic oxidation sites excluding steroid dienone is 1. The van der Waals surface area contributed by atoms with Crippen LogP contribution in [0.5, 0.6) is 0 Å². The molecule has 1 aromatic heterocycles. The summed E-state index contributed by atoms with van der Waals surface area (Å²) in [6.45, 7) is 16.0. The van der Waals surface area contributed by atoms with E-state index in [4.69, 9.17) is 9.47 Å². The maximum atomic E-state index is 12.7. The fraction of sp³-hybridized carbons (Fsp3) is 0.417. The summed E-state index contributed by atoms with van der Waals surface area (Å²) in [7, 11) is 0. The number of amides is 1. The van der Waals surface area contributed by atoms with Crippen LogP contribution < -0.4 is 0 Å². The lowest BCUT2D eigenvalue weighted by Crippen LogP contribution is -2.41. The number of benzene rings is 1. The average Bonchev–Trinajstić information content (AvgIpc) is 2.69. The lowest BCUT2D eigenvalue weighted by Gasteiger charge is -2.32. The van der Waals surface area contributed by atoms with Crippen molar-refractivity contribution in [2.45, 2.75) is 53.1 Å². The van der Waals surface area contributed by atoms with Crippen molar-refractivity contribution in [1.29, 1.82) is 0 Å². The van der Waals surface area contributed by atoms with Gasteiger partial charge in [-0.1, -0.05) is 25.6 Å². The number of hydrogen-bond acceptors (Lipinski definition) is 6. The van der Waals surface area contributed by atoms with Crippen LogP contribution in [-0.4, -0.2) is 45.9 Å². The highest BCUT2D eigenvalue weighted by molar-refractivity contribution is 5.80. The third-order valence-corrected chi connectivity index (χ3v) is 4.71. The minimum absolute atomic E-state index is 0.0130. The summed E-state index contributed by atoms with van der Waals surface area (Å²) in [6, 6.07) is 6.10. The van der Waals surface area contributed by atoms with Crippen LogP contribution in [0, 0.1) is 6.92 Å². The highest BCUT2D eigenvalue weighted by Crippen LogP contribution is 2.27. The highest BCUT2D eigenvalue weighted by Gasteiger charge is 2.30. The molecule has 0 saturated carbocycles. The summed E-state index contributed by atoms with van der Waals surface area (Å²) in [4.78, 5) is 27.6. The van der Waals surface area contributed by atoms with Gasteiger partial charge >= 0.3 is 6.09 Å².